The number of carbonyl (C=O) groups is 2. The number of ketones is 1. The van der Waals surface area contributed by atoms with Gasteiger partial charge in [0.2, 0.25) is 0 Å². The Balaban J connectivity index is 1.64. The lowest BCUT2D eigenvalue weighted by Gasteiger charge is -2.04. The largest absolute Gasteiger partial charge is 0.453 e. The Morgan fingerprint density at radius 1 is 1.11 bits per heavy atom. The van der Waals surface area contributed by atoms with E-state index in [0.29, 0.717) is 26.8 Å². The lowest BCUT2D eigenvalue weighted by atomic mass is 10.1. The summed E-state index contributed by atoms with van der Waals surface area (Å²) in [5.74, 6) is -0.762. The molecule has 3 rings (SSSR count). The molecule has 0 amide bonds. The minimum absolute atomic E-state index is 0.224. The standard InChI is InChI=1S/C21H20N2O3S/c1-3-6-15-8-10-16(11-9-15)18(24)13-26-21(25)19-14(2)23-20(27-19)17-7-4-5-12-22-17/h4-5,7-12H,3,6,13H2,1-2H3. The number of ether oxygens (including phenoxy) is 1. The van der Waals surface area contributed by atoms with Gasteiger partial charge in [-0.1, -0.05) is 43.7 Å². The van der Waals surface area contributed by atoms with Crippen LogP contribution in [0.4, 0.5) is 0 Å². The molecule has 27 heavy (non-hydrogen) atoms. The molecule has 0 bridgehead atoms. The van der Waals surface area contributed by atoms with Crippen molar-refractivity contribution in [2.75, 3.05) is 6.61 Å². The maximum Gasteiger partial charge on any atom is 0.350 e. The van der Waals surface area contributed by atoms with Crippen molar-refractivity contribution in [3.8, 4) is 10.7 Å². The van der Waals surface area contributed by atoms with Crippen LogP contribution in [0.5, 0.6) is 0 Å². The summed E-state index contributed by atoms with van der Waals surface area (Å²) in [5, 5.41) is 0.651. The summed E-state index contributed by atoms with van der Waals surface area (Å²) in [6.45, 7) is 3.56. The van der Waals surface area contributed by atoms with Gasteiger partial charge in [0.05, 0.1) is 11.4 Å². The predicted octanol–water partition coefficient (Wildman–Crippen LogP) is 4.51. The van der Waals surface area contributed by atoms with Gasteiger partial charge >= 0.3 is 5.97 Å². The minimum Gasteiger partial charge on any atom is -0.453 e. The monoisotopic (exact) mass is 380 g/mol. The molecule has 5 nitrogen and oxygen atoms in total. The van der Waals surface area contributed by atoms with Crippen LogP contribution < -0.4 is 0 Å². The number of rotatable bonds is 7. The van der Waals surface area contributed by atoms with E-state index in [1.807, 2.05) is 30.3 Å². The Morgan fingerprint density at radius 3 is 2.56 bits per heavy atom. The third-order valence-corrected chi connectivity index (χ3v) is 5.17. The topological polar surface area (TPSA) is 69.2 Å². The van der Waals surface area contributed by atoms with E-state index in [9.17, 15) is 9.59 Å². The number of carbonyl (C=O) groups excluding carboxylic acids is 2. The first-order valence-electron chi connectivity index (χ1n) is 8.76. The second-order valence-electron chi connectivity index (χ2n) is 6.09. The molecule has 0 saturated heterocycles. The zero-order valence-corrected chi connectivity index (χ0v) is 16.1. The molecule has 3 aromatic rings. The van der Waals surface area contributed by atoms with E-state index in [4.69, 9.17) is 4.74 Å². The molecule has 0 atom stereocenters. The smallest absolute Gasteiger partial charge is 0.350 e. The molecule has 0 aliphatic carbocycles. The summed E-state index contributed by atoms with van der Waals surface area (Å²) in [6, 6.07) is 12.9. The average molecular weight is 380 g/mol. The number of benzene rings is 1. The van der Waals surface area contributed by atoms with Gasteiger partial charge in [0.1, 0.15) is 9.88 Å². The molecular formula is C21H20N2O3S. The first kappa shape index (κ1) is 18.9. The van der Waals surface area contributed by atoms with Gasteiger partial charge in [-0.2, -0.15) is 0 Å². The maximum atomic E-state index is 12.4. The Labute approximate surface area is 162 Å². The normalized spacial score (nSPS) is 10.6. The summed E-state index contributed by atoms with van der Waals surface area (Å²) in [5.41, 5.74) is 3.00. The lowest BCUT2D eigenvalue weighted by molar-refractivity contribution is 0.0478. The molecule has 0 aliphatic rings. The highest BCUT2D eigenvalue weighted by Crippen LogP contribution is 2.26. The summed E-state index contributed by atoms with van der Waals surface area (Å²) < 4.78 is 5.21. The Bertz CT molecular complexity index is 934. The molecule has 2 aromatic heterocycles. The number of hydrogen-bond donors (Lipinski definition) is 0. The van der Waals surface area contributed by atoms with Crippen LogP contribution in [0, 0.1) is 6.92 Å². The molecule has 138 valence electrons. The predicted molar refractivity (Wildman–Crippen MR) is 105 cm³/mol. The highest BCUT2D eigenvalue weighted by atomic mass is 32.1. The maximum absolute atomic E-state index is 12.4. The number of nitrogens with zero attached hydrogens (tertiary/aromatic N) is 2. The van der Waals surface area contributed by atoms with Crippen molar-refractivity contribution < 1.29 is 14.3 Å². The van der Waals surface area contributed by atoms with Crippen molar-refractivity contribution in [2.45, 2.75) is 26.7 Å². The lowest BCUT2D eigenvalue weighted by Crippen LogP contribution is -2.14. The minimum atomic E-state index is -0.539. The Kier molecular flexibility index (Phi) is 6.08. The molecule has 0 aliphatic heterocycles. The fraction of sp³-hybridized carbons (Fsp3) is 0.238. The summed E-state index contributed by atoms with van der Waals surface area (Å²) in [7, 11) is 0. The molecule has 0 radical (unpaired) electrons. The molecule has 0 unspecified atom stereocenters. The van der Waals surface area contributed by atoms with E-state index in [-0.39, 0.29) is 12.4 Å². The Hall–Kier alpha value is -2.86. The molecule has 1 aromatic carbocycles. The van der Waals surface area contributed by atoms with Crippen LogP contribution in [0.3, 0.4) is 0 Å². The number of pyridine rings is 1. The fourth-order valence-corrected chi connectivity index (χ4v) is 3.55. The average Bonchev–Trinajstić information content (AvgIpc) is 3.09. The third kappa shape index (κ3) is 4.65. The van der Waals surface area contributed by atoms with Gasteiger partial charge in [0.15, 0.2) is 12.4 Å². The fourth-order valence-electron chi connectivity index (χ4n) is 2.61. The zero-order valence-electron chi connectivity index (χ0n) is 15.3. The number of aromatic nitrogens is 2. The van der Waals surface area contributed by atoms with Crippen LogP contribution in [0.1, 0.15) is 44.6 Å². The van der Waals surface area contributed by atoms with Crippen molar-refractivity contribution >= 4 is 23.1 Å². The van der Waals surface area contributed by atoms with Crippen LogP contribution >= 0.6 is 11.3 Å². The molecule has 0 fully saturated rings. The SMILES string of the molecule is CCCc1ccc(C(=O)COC(=O)c2sc(-c3ccccn3)nc2C)cc1. The second-order valence-corrected chi connectivity index (χ2v) is 7.09. The second kappa shape index (κ2) is 8.68. The van der Waals surface area contributed by atoms with E-state index < -0.39 is 5.97 Å². The van der Waals surface area contributed by atoms with E-state index in [2.05, 4.69) is 16.9 Å². The molecular weight excluding hydrogens is 360 g/mol. The number of aryl methyl sites for hydroxylation is 2. The van der Waals surface area contributed by atoms with Crippen molar-refractivity contribution in [2.24, 2.45) is 0 Å². The van der Waals surface area contributed by atoms with E-state index >= 15 is 0 Å². The third-order valence-electron chi connectivity index (χ3n) is 4.01. The molecule has 0 spiro atoms. The van der Waals surface area contributed by atoms with Crippen LogP contribution in [-0.4, -0.2) is 28.3 Å². The summed E-state index contributed by atoms with van der Waals surface area (Å²) in [4.78, 5) is 33.6. The van der Waals surface area contributed by atoms with Crippen molar-refractivity contribution in [1.29, 1.82) is 0 Å². The summed E-state index contributed by atoms with van der Waals surface area (Å²) >= 11 is 1.22. The van der Waals surface area contributed by atoms with E-state index in [1.165, 1.54) is 16.9 Å². The van der Waals surface area contributed by atoms with Crippen molar-refractivity contribution in [3.05, 3.63) is 70.4 Å². The molecule has 2 heterocycles. The number of Topliss-reactive ketones (excluding diaryl/α,β-unsaturated/α-hetero) is 1. The quantitative estimate of drug-likeness (QED) is 0.446. The zero-order chi connectivity index (χ0) is 19.2. The van der Waals surface area contributed by atoms with Gasteiger partial charge in [-0.05, 0) is 31.0 Å². The van der Waals surface area contributed by atoms with Gasteiger partial charge in [0, 0.05) is 11.8 Å². The first-order chi connectivity index (χ1) is 13.1. The summed E-state index contributed by atoms with van der Waals surface area (Å²) in [6.07, 6.45) is 3.71. The van der Waals surface area contributed by atoms with Crippen LogP contribution in [0.15, 0.2) is 48.7 Å². The molecule has 0 saturated carbocycles. The van der Waals surface area contributed by atoms with Crippen molar-refractivity contribution in [1.82, 2.24) is 9.97 Å². The van der Waals surface area contributed by atoms with Crippen LogP contribution in [-0.2, 0) is 11.2 Å². The number of hydrogen-bond acceptors (Lipinski definition) is 6. The highest BCUT2D eigenvalue weighted by Gasteiger charge is 2.19. The van der Waals surface area contributed by atoms with Crippen molar-refractivity contribution in [3.63, 3.8) is 0 Å². The van der Waals surface area contributed by atoms with Gasteiger partial charge in [-0.25, -0.2) is 9.78 Å². The molecule has 0 N–H and O–H groups in total. The van der Waals surface area contributed by atoms with E-state index in [0.717, 1.165) is 12.8 Å². The van der Waals surface area contributed by atoms with Gasteiger partial charge < -0.3 is 4.74 Å². The van der Waals surface area contributed by atoms with Crippen LogP contribution in [0.2, 0.25) is 0 Å². The van der Waals surface area contributed by atoms with Crippen LogP contribution in [0.25, 0.3) is 10.7 Å². The van der Waals surface area contributed by atoms with Gasteiger partial charge in [-0.3, -0.25) is 9.78 Å². The number of thiazole rings is 1. The first-order valence-corrected chi connectivity index (χ1v) is 9.58. The van der Waals surface area contributed by atoms with E-state index in [1.54, 1.807) is 25.3 Å². The highest BCUT2D eigenvalue weighted by molar-refractivity contribution is 7.17. The van der Waals surface area contributed by atoms with Gasteiger partial charge in [-0.15, -0.1) is 11.3 Å². The molecule has 6 heteroatoms. The Morgan fingerprint density at radius 2 is 1.89 bits per heavy atom. The number of esters is 1. The van der Waals surface area contributed by atoms with Gasteiger partial charge in [0.25, 0.3) is 0 Å².